The van der Waals surface area contributed by atoms with Gasteiger partial charge in [0.05, 0.1) is 4.90 Å². The highest BCUT2D eigenvalue weighted by molar-refractivity contribution is 7.89. The molecule has 2 amide bonds. The van der Waals surface area contributed by atoms with Crippen LogP contribution in [-0.2, 0) is 26.0 Å². The average molecular weight is 470 g/mol. The summed E-state index contributed by atoms with van der Waals surface area (Å²) in [5, 5.41) is 2.88. The fourth-order valence-corrected chi connectivity index (χ4v) is 6.47. The fraction of sp³-hybridized carbons (Fsp3) is 0.440. The molecular weight excluding hydrogens is 438 g/mol. The van der Waals surface area contributed by atoms with Gasteiger partial charge in [-0.1, -0.05) is 24.1 Å². The highest BCUT2D eigenvalue weighted by Crippen LogP contribution is 2.32. The molecule has 33 heavy (non-hydrogen) atoms. The van der Waals surface area contributed by atoms with E-state index in [1.165, 1.54) is 4.90 Å². The van der Waals surface area contributed by atoms with E-state index in [-0.39, 0.29) is 35.7 Å². The second-order valence-corrected chi connectivity index (χ2v) is 11.0. The number of carbonyl (C=O) groups is 2. The summed E-state index contributed by atoms with van der Waals surface area (Å²) in [7, 11) is -3.60. The summed E-state index contributed by atoms with van der Waals surface area (Å²) < 4.78 is 28.1. The maximum absolute atomic E-state index is 13.2. The molecule has 176 valence electrons. The van der Waals surface area contributed by atoms with E-state index in [0.717, 1.165) is 36.0 Å². The number of benzene rings is 2. The molecule has 0 saturated carbocycles. The smallest absolute Gasteiger partial charge is 0.244 e. The Hall–Kier alpha value is -2.71. The summed E-state index contributed by atoms with van der Waals surface area (Å²) in [6, 6.07) is 10.6. The molecule has 8 heteroatoms. The monoisotopic (exact) mass is 469 g/mol. The highest BCUT2D eigenvalue weighted by Gasteiger charge is 2.33. The van der Waals surface area contributed by atoms with Gasteiger partial charge in [-0.3, -0.25) is 9.59 Å². The SMILES string of the molecule is Cc1ccc(NC(=O)CN2C(=O)CCc3cc(S(=O)(=O)N4CCCCC4C)ccc32)c(C)c1. The molecule has 0 radical (unpaired) electrons. The molecule has 0 aromatic heterocycles. The third-order valence-corrected chi connectivity index (χ3v) is 8.57. The predicted molar refractivity (Wildman–Crippen MR) is 129 cm³/mol. The number of nitrogens with zero attached hydrogens (tertiary/aromatic N) is 2. The van der Waals surface area contributed by atoms with Gasteiger partial charge in [-0.2, -0.15) is 4.31 Å². The molecule has 2 aliphatic rings. The van der Waals surface area contributed by atoms with Crippen molar-refractivity contribution in [3.63, 3.8) is 0 Å². The number of sulfonamides is 1. The Labute approximate surface area is 195 Å². The van der Waals surface area contributed by atoms with Crippen LogP contribution in [0.2, 0.25) is 0 Å². The van der Waals surface area contributed by atoms with E-state index in [1.54, 1.807) is 22.5 Å². The number of rotatable bonds is 5. The first kappa shape index (κ1) is 23.4. The summed E-state index contributed by atoms with van der Waals surface area (Å²) in [4.78, 5) is 27.1. The maximum atomic E-state index is 13.2. The Morgan fingerprint density at radius 3 is 2.61 bits per heavy atom. The number of carbonyl (C=O) groups excluding carboxylic acids is 2. The Kier molecular flexibility index (Phi) is 6.59. The third kappa shape index (κ3) is 4.82. The minimum atomic E-state index is -3.60. The molecule has 2 aromatic carbocycles. The molecule has 2 heterocycles. The van der Waals surface area contributed by atoms with Crippen LogP contribution in [0, 0.1) is 13.8 Å². The van der Waals surface area contributed by atoms with Gasteiger partial charge in [0.2, 0.25) is 21.8 Å². The van der Waals surface area contributed by atoms with Gasteiger partial charge in [0.1, 0.15) is 6.54 Å². The zero-order chi connectivity index (χ0) is 23.8. The van der Waals surface area contributed by atoms with Crippen molar-refractivity contribution in [3.05, 3.63) is 53.1 Å². The zero-order valence-corrected chi connectivity index (χ0v) is 20.2. The number of anilines is 2. The van der Waals surface area contributed by atoms with Crippen LogP contribution < -0.4 is 10.2 Å². The summed E-state index contributed by atoms with van der Waals surface area (Å²) >= 11 is 0. The van der Waals surface area contributed by atoms with E-state index in [1.807, 2.05) is 39.0 Å². The number of hydrogen-bond acceptors (Lipinski definition) is 4. The molecule has 1 unspecified atom stereocenters. The first-order valence-corrected chi connectivity index (χ1v) is 12.9. The van der Waals surface area contributed by atoms with Crippen LogP contribution in [0.15, 0.2) is 41.3 Å². The van der Waals surface area contributed by atoms with Gasteiger partial charge >= 0.3 is 0 Å². The summed E-state index contributed by atoms with van der Waals surface area (Å²) in [5.41, 5.74) is 4.16. The van der Waals surface area contributed by atoms with E-state index in [2.05, 4.69) is 5.32 Å². The van der Waals surface area contributed by atoms with Crippen LogP contribution in [0.4, 0.5) is 11.4 Å². The van der Waals surface area contributed by atoms with Crippen molar-refractivity contribution in [2.75, 3.05) is 23.3 Å². The largest absolute Gasteiger partial charge is 0.324 e. The lowest BCUT2D eigenvalue weighted by atomic mass is 10.0. The van der Waals surface area contributed by atoms with Gasteiger partial charge in [-0.25, -0.2) is 8.42 Å². The Bertz CT molecular complexity index is 1190. The molecule has 2 aliphatic heterocycles. The maximum Gasteiger partial charge on any atom is 0.244 e. The van der Waals surface area contributed by atoms with Crippen molar-refractivity contribution >= 4 is 33.2 Å². The number of fused-ring (bicyclic) bond motifs is 1. The normalized spacial score (nSPS) is 19.3. The van der Waals surface area contributed by atoms with Gasteiger partial charge in [-0.15, -0.1) is 0 Å². The number of hydrogen-bond donors (Lipinski definition) is 1. The second-order valence-electron chi connectivity index (χ2n) is 9.10. The van der Waals surface area contributed by atoms with Gasteiger partial charge in [-0.05, 0) is 75.4 Å². The van der Waals surface area contributed by atoms with Crippen molar-refractivity contribution in [3.8, 4) is 0 Å². The number of nitrogens with one attached hydrogen (secondary N) is 1. The third-order valence-electron chi connectivity index (χ3n) is 6.56. The average Bonchev–Trinajstić information content (AvgIpc) is 2.77. The quantitative estimate of drug-likeness (QED) is 0.722. The number of amides is 2. The molecule has 0 bridgehead atoms. The molecule has 4 rings (SSSR count). The molecule has 0 spiro atoms. The topological polar surface area (TPSA) is 86.8 Å². The lowest BCUT2D eigenvalue weighted by Gasteiger charge is -2.33. The molecule has 7 nitrogen and oxygen atoms in total. The highest BCUT2D eigenvalue weighted by atomic mass is 32.2. The molecular formula is C25H31N3O4S. The van der Waals surface area contributed by atoms with Gasteiger partial charge in [0.15, 0.2) is 0 Å². The molecule has 1 fully saturated rings. The zero-order valence-electron chi connectivity index (χ0n) is 19.4. The van der Waals surface area contributed by atoms with Gasteiger partial charge < -0.3 is 10.2 Å². The van der Waals surface area contributed by atoms with Crippen molar-refractivity contribution < 1.29 is 18.0 Å². The molecule has 1 atom stereocenters. The van der Waals surface area contributed by atoms with Crippen LogP contribution in [0.25, 0.3) is 0 Å². The molecule has 1 N–H and O–H groups in total. The minimum Gasteiger partial charge on any atom is -0.324 e. The van der Waals surface area contributed by atoms with Crippen LogP contribution in [-0.4, -0.2) is 43.7 Å². The standard InChI is InChI=1S/C25H31N3O4S/c1-17-7-10-22(18(2)14-17)26-24(29)16-27-23-11-9-21(15-20(23)8-12-25(27)30)33(31,32)28-13-5-4-6-19(28)3/h7,9-11,14-15,19H,4-6,8,12-13,16H2,1-3H3,(H,26,29). The van der Waals surface area contributed by atoms with Crippen molar-refractivity contribution in [2.45, 2.75) is 63.8 Å². The minimum absolute atomic E-state index is 0.0215. The lowest BCUT2D eigenvalue weighted by molar-refractivity contribution is -0.121. The summed E-state index contributed by atoms with van der Waals surface area (Å²) in [6.45, 7) is 6.28. The van der Waals surface area contributed by atoms with E-state index < -0.39 is 10.0 Å². The van der Waals surface area contributed by atoms with Crippen LogP contribution in [0.1, 0.15) is 49.3 Å². The molecule has 1 saturated heterocycles. The summed E-state index contributed by atoms with van der Waals surface area (Å²) in [5.74, 6) is -0.430. The van der Waals surface area contributed by atoms with Crippen LogP contribution >= 0.6 is 0 Å². The molecule has 2 aromatic rings. The number of aryl methyl sites for hydroxylation is 3. The number of piperidine rings is 1. The van der Waals surface area contributed by atoms with Gasteiger partial charge in [0.25, 0.3) is 0 Å². The Morgan fingerprint density at radius 2 is 1.88 bits per heavy atom. The first-order valence-electron chi connectivity index (χ1n) is 11.5. The lowest BCUT2D eigenvalue weighted by Crippen LogP contribution is -2.42. The second kappa shape index (κ2) is 9.27. The van der Waals surface area contributed by atoms with E-state index in [9.17, 15) is 18.0 Å². The Morgan fingerprint density at radius 1 is 1.09 bits per heavy atom. The summed E-state index contributed by atoms with van der Waals surface area (Å²) in [6.07, 6.45) is 3.47. The van der Waals surface area contributed by atoms with E-state index in [0.29, 0.717) is 24.3 Å². The predicted octanol–water partition coefficient (Wildman–Crippen LogP) is 3.78. The van der Waals surface area contributed by atoms with Crippen molar-refractivity contribution in [1.29, 1.82) is 0 Å². The van der Waals surface area contributed by atoms with Crippen molar-refractivity contribution in [1.82, 2.24) is 4.31 Å². The van der Waals surface area contributed by atoms with Crippen LogP contribution in [0.5, 0.6) is 0 Å². The fourth-order valence-electron chi connectivity index (χ4n) is 4.72. The van der Waals surface area contributed by atoms with E-state index in [4.69, 9.17) is 0 Å². The Balaban J connectivity index is 1.55. The van der Waals surface area contributed by atoms with Gasteiger partial charge in [0, 0.05) is 30.4 Å². The molecule has 0 aliphatic carbocycles. The van der Waals surface area contributed by atoms with E-state index >= 15 is 0 Å². The first-order chi connectivity index (χ1) is 15.7. The van der Waals surface area contributed by atoms with Crippen molar-refractivity contribution in [2.24, 2.45) is 0 Å². The van der Waals surface area contributed by atoms with Crippen LogP contribution in [0.3, 0.4) is 0 Å².